The summed E-state index contributed by atoms with van der Waals surface area (Å²) < 4.78 is 23.7. The van der Waals surface area contributed by atoms with Crippen molar-refractivity contribution in [3.05, 3.63) is 35.4 Å². The van der Waals surface area contributed by atoms with Crippen molar-refractivity contribution < 1.29 is 82.2 Å². The minimum atomic E-state index is -1.24. The lowest BCUT2D eigenvalue weighted by Crippen LogP contribution is -2.48. The molecule has 0 radical (unpaired) electrons. The number of aliphatic carboxylic acids is 2. The van der Waals surface area contributed by atoms with Crippen LogP contribution in [0.4, 0.5) is 9.59 Å². The van der Waals surface area contributed by atoms with E-state index in [1.165, 1.54) is 178 Å². The molecule has 26 heteroatoms. The van der Waals surface area contributed by atoms with Crippen LogP contribution in [-0.2, 0) is 47.7 Å². The smallest absolute Gasteiger partial charge is 0.407 e. The Morgan fingerprint density at radius 3 is 1.46 bits per heavy atom. The molecule has 8 unspecified atom stereocenters. The lowest BCUT2D eigenvalue weighted by atomic mass is 9.78. The quantitative estimate of drug-likeness (QED) is 0.0270. The topological polar surface area (TPSA) is 377 Å². The SMILES string of the molecule is CCCCCCCCC(CCCCCCCCOC(C)COC(=O)NCCCCCC(=O)NCC(C)C(C)OCC(C)(CC)OCCNC(=O)CNC(=O)CNC(=O)CNC(=O)c1ccc(C(=O)NCCCCC(NC(=O)NC(C)CCC(=O)O)C(=O)O)cc1)C(CCCCCC)CCCCCCCCCCO. The summed E-state index contributed by atoms with van der Waals surface area (Å²) in [5.41, 5.74) is -0.258. The van der Waals surface area contributed by atoms with E-state index in [2.05, 4.69) is 61.7 Å². The molecular weight excluding hydrogens is 1380 g/mol. The fourth-order valence-corrected chi connectivity index (χ4v) is 12.6. The van der Waals surface area contributed by atoms with Gasteiger partial charge in [0, 0.05) is 69.4 Å². The average Bonchev–Trinajstić information content (AvgIpc) is 0.875. The third kappa shape index (κ3) is 54.9. The van der Waals surface area contributed by atoms with Crippen molar-refractivity contribution in [1.82, 2.24) is 47.9 Å². The first kappa shape index (κ1) is 99.4. The van der Waals surface area contributed by atoms with Crippen molar-refractivity contribution in [2.75, 3.05) is 78.8 Å². The van der Waals surface area contributed by atoms with Gasteiger partial charge < -0.3 is 82.1 Å². The van der Waals surface area contributed by atoms with E-state index in [9.17, 15) is 53.1 Å². The van der Waals surface area contributed by atoms with Crippen LogP contribution in [0.1, 0.15) is 320 Å². The van der Waals surface area contributed by atoms with Gasteiger partial charge in [0.15, 0.2) is 0 Å². The van der Waals surface area contributed by atoms with Gasteiger partial charge in [0.2, 0.25) is 23.6 Å². The summed E-state index contributed by atoms with van der Waals surface area (Å²) >= 11 is 0. The summed E-state index contributed by atoms with van der Waals surface area (Å²) in [6.45, 7) is 17.6. The van der Waals surface area contributed by atoms with Crippen LogP contribution in [0.3, 0.4) is 0 Å². The van der Waals surface area contributed by atoms with Gasteiger partial charge >= 0.3 is 24.1 Å². The highest BCUT2D eigenvalue weighted by atomic mass is 16.6. The molecule has 108 heavy (non-hydrogen) atoms. The Morgan fingerprint density at radius 1 is 0.454 bits per heavy atom. The van der Waals surface area contributed by atoms with Gasteiger partial charge in [0.1, 0.15) is 12.6 Å². The molecule has 26 nitrogen and oxygen atoms in total. The maximum Gasteiger partial charge on any atom is 0.407 e. The lowest BCUT2D eigenvalue weighted by Gasteiger charge is -2.31. The van der Waals surface area contributed by atoms with E-state index in [0.717, 1.165) is 50.4 Å². The van der Waals surface area contributed by atoms with Crippen LogP contribution in [0.25, 0.3) is 0 Å². The Kier molecular flexibility index (Phi) is 59.9. The molecule has 12 N–H and O–H groups in total. The van der Waals surface area contributed by atoms with Gasteiger partial charge in [0.05, 0.1) is 50.7 Å². The fourth-order valence-electron chi connectivity index (χ4n) is 12.6. The van der Waals surface area contributed by atoms with Crippen molar-refractivity contribution in [2.45, 2.75) is 329 Å². The molecule has 0 bridgehead atoms. The van der Waals surface area contributed by atoms with Crippen molar-refractivity contribution >= 4 is 59.5 Å². The van der Waals surface area contributed by atoms with Crippen LogP contribution in [0.5, 0.6) is 0 Å². The minimum absolute atomic E-state index is 0.0110. The molecule has 0 aliphatic heterocycles. The highest BCUT2D eigenvalue weighted by Gasteiger charge is 2.27. The summed E-state index contributed by atoms with van der Waals surface area (Å²) in [4.78, 5) is 122. The molecule has 1 aromatic rings. The van der Waals surface area contributed by atoms with Crippen molar-refractivity contribution in [1.29, 1.82) is 0 Å². The highest BCUT2D eigenvalue weighted by molar-refractivity contribution is 5.99. The molecular formula is C82H147N9O17. The number of carbonyl (C=O) groups is 10. The van der Waals surface area contributed by atoms with Crippen LogP contribution in [0.2, 0.25) is 0 Å². The first-order valence-electron chi connectivity index (χ1n) is 41.6. The molecule has 622 valence electrons. The molecule has 1 aromatic carbocycles. The van der Waals surface area contributed by atoms with Gasteiger partial charge in [0.25, 0.3) is 11.8 Å². The normalized spacial score (nSPS) is 13.8. The van der Waals surface area contributed by atoms with E-state index in [0.29, 0.717) is 58.4 Å². The van der Waals surface area contributed by atoms with Gasteiger partial charge in [-0.15, -0.1) is 0 Å². The van der Waals surface area contributed by atoms with Crippen molar-refractivity contribution in [3.8, 4) is 0 Å². The van der Waals surface area contributed by atoms with Crippen LogP contribution in [0.15, 0.2) is 24.3 Å². The summed E-state index contributed by atoms with van der Waals surface area (Å²) in [7, 11) is 0. The lowest BCUT2D eigenvalue weighted by molar-refractivity contribution is -0.139. The van der Waals surface area contributed by atoms with Crippen LogP contribution in [-0.4, -0.2) is 184 Å². The highest BCUT2D eigenvalue weighted by Crippen LogP contribution is 2.34. The number of amides is 9. The average molecular weight is 1530 g/mol. The number of unbranched alkanes of at least 4 members (excludes halogenated alkanes) is 23. The third-order valence-corrected chi connectivity index (χ3v) is 20.1. The van der Waals surface area contributed by atoms with E-state index in [1.54, 1.807) is 6.92 Å². The molecule has 0 saturated carbocycles. The van der Waals surface area contributed by atoms with Crippen LogP contribution < -0.4 is 47.9 Å². The number of ether oxygens (including phenoxy) is 4. The number of hydrogen-bond acceptors (Lipinski definition) is 15. The van der Waals surface area contributed by atoms with Crippen LogP contribution >= 0.6 is 0 Å². The van der Waals surface area contributed by atoms with E-state index >= 15 is 0 Å². The number of aliphatic hydroxyl groups is 1. The zero-order valence-corrected chi connectivity index (χ0v) is 67.8. The molecule has 1 rings (SSSR count). The second kappa shape index (κ2) is 65.1. The molecule has 0 aliphatic carbocycles. The molecule has 0 saturated heterocycles. The Bertz CT molecular complexity index is 2590. The van der Waals surface area contributed by atoms with Crippen molar-refractivity contribution in [2.24, 2.45) is 17.8 Å². The summed E-state index contributed by atoms with van der Waals surface area (Å²) in [6.07, 6.45) is 40.0. The zero-order chi connectivity index (χ0) is 79.8. The standard InChI is InChI=1S/C82H147N9O17/c1-9-12-14-16-23-30-40-68(67(39-29-15-13-10-2)41-31-24-19-17-18-21-26-37-54-92)42-32-25-20-22-27-38-55-105-65(6)61-106-81(104)85-52-35-28-33-44-72(93)86-57-63(4)66(7)107-62-82(8,11-3)108-56-53-83-73(94)58-87-74(95)59-88-75(96)60-89-78(100)70-48-46-69(47-49-70)77(99)84-51-36-34-43-71(79(101)102)91-80(103)90-64(5)45-50-76(97)98/h46-49,63-68,71,92H,9-45,50-62H2,1-8H3,(H,83,94)(H,84,99)(H,85,104)(H,86,93)(H,87,95)(H,88,96)(H,89,100)(H,97,98)(H,101,102)(H2,90,91,103). The first-order chi connectivity index (χ1) is 51.9. The summed E-state index contributed by atoms with van der Waals surface area (Å²) in [5, 5.41) is 50.7. The monoisotopic (exact) mass is 1530 g/mol. The first-order valence-corrected chi connectivity index (χ1v) is 41.6. The van der Waals surface area contributed by atoms with E-state index in [-0.39, 0.29) is 93.9 Å². The van der Waals surface area contributed by atoms with Gasteiger partial charge in [-0.25, -0.2) is 14.4 Å². The number of urea groups is 1. The molecule has 0 aliphatic rings. The predicted octanol–water partition coefficient (Wildman–Crippen LogP) is 12.9. The number of nitrogens with one attached hydrogen (secondary N) is 9. The number of hydrogen-bond donors (Lipinski definition) is 12. The Balaban J connectivity index is 2.23. The largest absolute Gasteiger partial charge is 0.481 e. The maximum atomic E-state index is 12.7. The fraction of sp³-hybridized carbons (Fsp3) is 0.805. The summed E-state index contributed by atoms with van der Waals surface area (Å²) in [6, 6.07) is 3.22. The predicted molar refractivity (Wildman–Crippen MR) is 424 cm³/mol. The molecule has 8 atom stereocenters. The maximum absolute atomic E-state index is 12.7. The molecule has 0 aromatic heterocycles. The molecule has 0 heterocycles. The number of carbonyl (C=O) groups excluding carboxylic acids is 8. The van der Waals surface area contributed by atoms with Gasteiger partial charge in [-0.1, -0.05) is 201 Å². The van der Waals surface area contributed by atoms with Crippen LogP contribution in [0, 0.1) is 17.8 Å². The Hall–Kier alpha value is -6.64. The molecule has 0 spiro atoms. The second-order valence-corrected chi connectivity index (χ2v) is 29.9. The number of carboxylic acid groups (broad SMARTS) is 2. The van der Waals surface area contributed by atoms with Gasteiger partial charge in [-0.05, 0) is 128 Å². The number of alkyl carbamates (subject to hydrolysis) is 1. The number of rotatable bonds is 71. The number of aliphatic hydroxyl groups excluding tert-OH is 1. The second-order valence-electron chi connectivity index (χ2n) is 29.9. The summed E-state index contributed by atoms with van der Waals surface area (Å²) in [5.74, 6) is -3.35. The number of carboxylic acids is 2. The Labute approximate surface area is 648 Å². The van der Waals surface area contributed by atoms with Gasteiger partial charge in [-0.2, -0.15) is 0 Å². The van der Waals surface area contributed by atoms with Gasteiger partial charge in [-0.3, -0.25) is 33.6 Å². The van der Waals surface area contributed by atoms with E-state index < -0.39 is 84.4 Å². The minimum Gasteiger partial charge on any atom is -0.481 e. The van der Waals surface area contributed by atoms with E-state index in [4.69, 9.17) is 29.2 Å². The Morgan fingerprint density at radius 2 is 0.926 bits per heavy atom. The molecule has 9 amide bonds. The number of benzene rings is 1. The third-order valence-electron chi connectivity index (χ3n) is 20.1. The van der Waals surface area contributed by atoms with Crippen molar-refractivity contribution in [3.63, 3.8) is 0 Å². The molecule has 0 fully saturated rings. The van der Waals surface area contributed by atoms with E-state index in [1.807, 2.05) is 34.6 Å². The zero-order valence-electron chi connectivity index (χ0n) is 67.8.